The van der Waals surface area contributed by atoms with E-state index in [9.17, 15) is 9.90 Å². The highest BCUT2D eigenvalue weighted by Gasteiger charge is 2.33. The lowest BCUT2D eigenvalue weighted by Gasteiger charge is -2.32. The SMILES string of the molecule is CNc1cc(-c2cn([C@H]3COC[C@@H]3OC)c3ncccc23)nc2c(C(=O)N[C@@H]3CC[C@@H]3O)cnn12. The molecular weight excluding hydrogens is 450 g/mol. The van der Waals surface area contributed by atoms with Gasteiger partial charge in [0.2, 0.25) is 0 Å². The van der Waals surface area contributed by atoms with Crippen molar-refractivity contribution in [2.45, 2.75) is 37.1 Å². The number of nitrogens with zero attached hydrogens (tertiary/aromatic N) is 5. The number of anilines is 1. The average molecular weight is 478 g/mol. The van der Waals surface area contributed by atoms with Crippen LogP contribution in [0.3, 0.4) is 0 Å². The molecule has 1 saturated heterocycles. The smallest absolute Gasteiger partial charge is 0.257 e. The van der Waals surface area contributed by atoms with Crippen LogP contribution in [0.25, 0.3) is 27.9 Å². The Morgan fingerprint density at radius 1 is 1.29 bits per heavy atom. The zero-order valence-electron chi connectivity index (χ0n) is 19.5. The summed E-state index contributed by atoms with van der Waals surface area (Å²) in [6.07, 6.45) is 6.18. The number of rotatable bonds is 6. The molecule has 0 bridgehead atoms. The molecule has 0 aromatic carbocycles. The fraction of sp³-hybridized carbons (Fsp3) is 0.417. The van der Waals surface area contributed by atoms with E-state index in [4.69, 9.17) is 14.5 Å². The van der Waals surface area contributed by atoms with Crippen molar-refractivity contribution in [3.8, 4) is 11.3 Å². The van der Waals surface area contributed by atoms with Crippen LogP contribution >= 0.6 is 0 Å². The molecule has 11 heteroatoms. The fourth-order valence-electron chi connectivity index (χ4n) is 4.88. The number of ether oxygens (including phenoxy) is 2. The van der Waals surface area contributed by atoms with E-state index in [-0.39, 0.29) is 24.1 Å². The Labute approximate surface area is 201 Å². The predicted octanol–water partition coefficient (Wildman–Crippen LogP) is 1.63. The molecule has 0 unspecified atom stereocenters. The number of nitrogens with one attached hydrogen (secondary N) is 2. The number of carbonyl (C=O) groups excluding carboxylic acids is 1. The Bertz CT molecular complexity index is 1410. The monoisotopic (exact) mass is 477 g/mol. The zero-order valence-corrected chi connectivity index (χ0v) is 19.5. The highest BCUT2D eigenvalue weighted by Crippen LogP contribution is 2.35. The molecule has 0 radical (unpaired) electrons. The average Bonchev–Trinajstić information content (AvgIpc) is 3.61. The van der Waals surface area contributed by atoms with Crippen molar-refractivity contribution in [3.63, 3.8) is 0 Å². The van der Waals surface area contributed by atoms with E-state index in [0.29, 0.717) is 42.4 Å². The number of aliphatic hydroxyl groups is 1. The van der Waals surface area contributed by atoms with E-state index < -0.39 is 6.10 Å². The summed E-state index contributed by atoms with van der Waals surface area (Å²) in [4.78, 5) is 22.5. The molecule has 35 heavy (non-hydrogen) atoms. The first kappa shape index (κ1) is 22.0. The Morgan fingerprint density at radius 2 is 2.17 bits per heavy atom. The van der Waals surface area contributed by atoms with Crippen LogP contribution in [0.15, 0.2) is 36.8 Å². The minimum atomic E-state index is -0.508. The quantitative estimate of drug-likeness (QED) is 0.382. The van der Waals surface area contributed by atoms with E-state index in [1.54, 1.807) is 24.9 Å². The molecule has 4 aromatic rings. The molecule has 2 fully saturated rings. The fourth-order valence-corrected chi connectivity index (χ4v) is 4.88. The standard InChI is InChI=1S/C24H27N7O4/c1-25-21-8-17(28-23-14(9-27-31(21)23)24(33)29-16-5-6-19(16)32)15-10-30(18-11-35-12-20(18)34-2)22-13(15)4-3-7-26-22/h3-4,7-10,16,18-20,25,32H,5-6,11-12H2,1-2H3,(H,29,33)/t16-,18+,19+,20+/m1/s1. The number of fused-ring (bicyclic) bond motifs is 2. The van der Waals surface area contributed by atoms with Gasteiger partial charge in [-0.1, -0.05) is 0 Å². The van der Waals surface area contributed by atoms with Crippen molar-refractivity contribution in [3.05, 3.63) is 42.4 Å². The van der Waals surface area contributed by atoms with Gasteiger partial charge in [-0.05, 0) is 25.0 Å². The molecule has 182 valence electrons. The molecule has 1 saturated carbocycles. The van der Waals surface area contributed by atoms with Crippen LogP contribution in [0.2, 0.25) is 0 Å². The summed E-state index contributed by atoms with van der Waals surface area (Å²) < 4.78 is 15.0. The Balaban J connectivity index is 1.47. The van der Waals surface area contributed by atoms with E-state index in [1.807, 2.05) is 24.4 Å². The Kier molecular flexibility index (Phi) is 5.39. The van der Waals surface area contributed by atoms with Crippen LogP contribution < -0.4 is 10.6 Å². The Morgan fingerprint density at radius 3 is 2.91 bits per heavy atom. The summed E-state index contributed by atoms with van der Waals surface area (Å²) in [5.74, 6) is 0.391. The van der Waals surface area contributed by atoms with Gasteiger partial charge in [0.25, 0.3) is 5.91 Å². The summed E-state index contributed by atoms with van der Waals surface area (Å²) in [6, 6.07) is 5.56. The van der Waals surface area contributed by atoms with E-state index in [0.717, 1.165) is 23.0 Å². The topological polar surface area (TPSA) is 128 Å². The number of aromatic nitrogens is 5. The van der Waals surface area contributed by atoms with Crippen molar-refractivity contribution >= 4 is 28.4 Å². The molecule has 4 aromatic heterocycles. The van der Waals surface area contributed by atoms with Crippen LogP contribution in [0.5, 0.6) is 0 Å². The van der Waals surface area contributed by atoms with Crippen LogP contribution in [-0.4, -0.2) is 80.8 Å². The second-order valence-corrected chi connectivity index (χ2v) is 9.00. The molecule has 1 amide bonds. The lowest BCUT2D eigenvalue weighted by Crippen LogP contribution is -2.50. The first-order valence-corrected chi connectivity index (χ1v) is 11.7. The first-order chi connectivity index (χ1) is 17.1. The van der Waals surface area contributed by atoms with Gasteiger partial charge in [-0.25, -0.2) is 9.97 Å². The van der Waals surface area contributed by atoms with Crippen LogP contribution in [0.4, 0.5) is 5.82 Å². The number of hydrogen-bond acceptors (Lipinski definition) is 8. The van der Waals surface area contributed by atoms with E-state index in [1.165, 1.54) is 6.20 Å². The lowest BCUT2D eigenvalue weighted by atomic mass is 9.89. The predicted molar refractivity (Wildman–Crippen MR) is 128 cm³/mol. The maximum absolute atomic E-state index is 13.0. The summed E-state index contributed by atoms with van der Waals surface area (Å²) in [7, 11) is 3.49. The number of amides is 1. The summed E-state index contributed by atoms with van der Waals surface area (Å²) >= 11 is 0. The van der Waals surface area contributed by atoms with Crippen molar-refractivity contribution in [2.24, 2.45) is 0 Å². The minimum Gasteiger partial charge on any atom is -0.391 e. The highest BCUT2D eigenvalue weighted by molar-refractivity contribution is 6.01. The van der Waals surface area contributed by atoms with Crippen molar-refractivity contribution in [1.82, 2.24) is 29.5 Å². The third-order valence-corrected chi connectivity index (χ3v) is 7.05. The van der Waals surface area contributed by atoms with Gasteiger partial charge < -0.3 is 29.8 Å². The number of methoxy groups -OCH3 is 1. The highest BCUT2D eigenvalue weighted by atomic mass is 16.5. The normalized spacial score (nSPS) is 24.1. The molecule has 1 aliphatic heterocycles. The van der Waals surface area contributed by atoms with Crippen molar-refractivity contribution in [2.75, 3.05) is 32.7 Å². The molecule has 2 aliphatic rings. The largest absolute Gasteiger partial charge is 0.391 e. The van der Waals surface area contributed by atoms with Gasteiger partial charge in [0, 0.05) is 43.6 Å². The number of hydrogen-bond donors (Lipinski definition) is 3. The second-order valence-electron chi connectivity index (χ2n) is 9.00. The molecular formula is C24H27N7O4. The summed E-state index contributed by atoms with van der Waals surface area (Å²) in [6.45, 7) is 1.06. The van der Waals surface area contributed by atoms with Gasteiger partial charge >= 0.3 is 0 Å². The third-order valence-electron chi connectivity index (χ3n) is 7.05. The number of carbonyl (C=O) groups is 1. The molecule has 4 atom stereocenters. The maximum atomic E-state index is 13.0. The molecule has 3 N–H and O–H groups in total. The van der Waals surface area contributed by atoms with Crippen LogP contribution in [0.1, 0.15) is 29.2 Å². The van der Waals surface area contributed by atoms with Crippen molar-refractivity contribution < 1.29 is 19.4 Å². The summed E-state index contributed by atoms with van der Waals surface area (Å²) in [5.41, 5.74) is 3.17. The van der Waals surface area contributed by atoms with Crippen LogP contribution in [-0.2, 0) is 9.47 Å². The first-order valence-electron chi connectivity index (χ1n) is 11.7. The van der Waals surface area contributed by atoms with Crippen molar-refractivity contribution in [1.29, 1.82) is 0 Å². The zero-order chi connectivity index (χ0) is 24.1. The third kappa shape index (κ3) is 3.54. The van der Waals surface area contributed by atoms with Gasteiger partial charge in [-0.2, -0.15) is 9.61 Å². The second kappa shape index (κ2) is 8.59. The van der Waals surface area contributed by atoms with Gasteiger partial charge in [0.1, 0.15) is 23.1 Å². The lowest BCUT2D eigenvalue weighted by molar-refractivity contribution is 0.0448. The molecule has 5 heterocycles. The van der Waals surface area contributed by atoms with E-state index in [2.05, 4.69) is 25.3 Å². The van der Waals surface area contributed by atoms with E-state index >= 15 is 0 Å². The van der Waals surface area contributed by atoms with Gasteiger partial charge in [-0.15, -0.1) is 0 Å². The molecule has 6 rings (SSSR count). The number of pyridine rings is 1. The minimum absolute atomic E-state index is 0.0103. The van der Waals surface area contributed by atoms with Gasteiger partial charge in [-0.3, -0.25) is 4.79 Å². The molecule has 11 nitrogen and oxygen atoms in total. The molecule has 0 spiro atoms. The van der Waals surface area contributed by atoms with Gasteiger partial charge in [0.15, 0.2) is 5.65 Å². The molecule has 1 aliphatic carbocycles. The maximum Gasteiger partial charge on any atom is 0.257 e. The number of aliphatic hydroxyl groups excluding tert-OH is 1. The summed E-state index contributed by atoms with van der Waals surface area (Å²) in [5, 5.41) is 21.3. The Hall–Kier alpha value is -3.54. The van der Waals surface area contributed by atoms with Crippen LogP contribution in [0, 0.1) is 0 Å². The van der Waals surface area contributed by atoms with Gasteiger partial charge in [0.05, 0.1) is 43.3 Å².